The number of anilines is 1. The number of aryl methyl sites for hydroxylation is 1. The van der Waals surface area contributed by atoms with Crippen LogP contribution in [-0.4, -0.2) is 30.4 Å². The first-order valence-corrected chi connectivity index (χ1v) is 8.54. The minimum atomic E-state index is 0.0251. The van der Waals surface area contributed by atoms with Gasteiger partial charge in [0.2, 0.25) is 5.91 Å². The highest BCUT2D eigenvalue weighted by Gasteiger charge is 2.13. The number of nitrogens with one attached hydrogen (secondary N) is 1. The largest absolute Gasteiger partial charge is 0.323 e. The molecule has 0 saturated heterocycles. The van der Waals surface area contributed by atoms with Crippen LogP contribution in [0, 0.1) is 6.92 Å². The first-order chi connectivity index (χ1) is 9.47. The molecule has 0 aliphatic heterocycles. The molecule has 5 heteroatoms. The molecule has 1 aromatic rings. The summed E-state index contributed by atoms with van der Waals surface area (Å²) in [5.41, 5.74) is 1.94. The van der Waals surface area contributed by atoms with Crippen molar-refractivity contribution in [1.29, 1.82) is 0 Å². The van der Waals surface area contributed by atoms with Crippen LogP contribution in [-0.2, 0) is 4.79 Å². The Labute approximate surface area is 138 Å². The van der Waals surface area contributed by atoms with E-state index in [0.29, 0.717) is 6.54 Å². The van der Waals surface area contributed by atoms with Gasteiger partial charge in [0.1, 0.15) is 0 Å². The number of carbonyl (C=O) groups excluding carboxylic acids is 1. The van der Waals surface area contributed by atoms with E-state index in [2.05, 4.69) is 55.9 Å². The Morgan fingerprint density at radius 1 is 1.15 bits per heavy atom. The van der Waals surface area contributed by atoms with Gasteiger partial charge in [-0.05, 0) is 82.4 Å². The predicted molar refractivity (Wildman–Crippen MR) is 92.2 cm³/mol. The Balaban J connectivity index is 2.70. The summed E-state index contributed by atoms with van der Waals surface area (Å²) in [7, 11) is 0. The van der Waals surface area contributed by atoms with Gasteiger partial charge in [-0.3, -0.25) is 9.69 Å². The van der Waals surface area contributed by atoms with Gasteiger partial charge < -0.3 is 5.32 Å². The predicted octanol–water partition coefficient (Wildman–Crippen LogP) is 4.58. The van der Waals surface area contributed by atoms with E-state index >= 15 is 0 Å². The third kappa shape index (κ3) is 5.54. The Bertz CT molecular complexity index is 434. The first kappa shape index (κ1) is 17.7. The molecule has 0 atom stereocenters. The Kier molecular flexibility index (Phi) is 7.77. The summed E-state index contributed by atoms with van der Waals surface area (Å²) < 4.78 is 1.80. The zero-order valence-electron chi connectivity index (χ0n) is 12.3. The van der Waals surface area contributed by atoms with Gasteiger partial charge >= 0.3 is 0 Å². The van der Waals surface area contributed by atoms with Crippen molar-refractivity contribution >= 4 is 43.5 Å². The fourth-order valence-electron chi connectivity index (χ4n) is 2.10. The van der Waals surface area contributed by atoms with E-state index in [1.54, 1.807) is 0 Å². The van der Waals surface area contributed by atoms with Crippen molar-refractivity contribution in [3.63, 3.8) is 0 Å². The molecule has 0 heterocycles. The normalized spacial score (nSPS) is 10.9. The third-order valence-electron chi connectivity index (χ3n) is 2.90. The molecule has 1 N–H and O–H groups in total. The van der Waals surface area contributed by atoms with Crippen molar-refractivity contribution in [1.82, 2.24) is 4.90 Å². The van der Waals surface area contributed by atoms with Gasteiger partial charge in [-0.15, -0.1) is 0 Å². The molecular formula is C15H22Br2N2O. The van der Waals surface area contributed by atoms with Gasteiger partial charge in [-0.25, -0.2) is 0 Å². The van der Waals surface area contributed by atoms with E-state index in [4.69, 9.17) is 0 Å². The standard InChI is InChI=1S/C15H22Br2N2O/c1-4-6-19(7-5-2)10-14(20)18-15-12(16)8-11(3)9-13(15)17/h8-9H,4-7,10H2,1-3H3,(H,18,20). The zero-order valence-corrected chi connectivity index (χ0v) is 15.5. The quantitative estimate of drug-likeness (QED) is 0.719. The van der Waals surface area contributed by atoms with Gasteiger partial charge in [0.25, 0.3) is 0 Å². The second-order valence-corrected chi connectivity index (χ2v) is 6.64. The molecule has 1 aromatic carbocycles. The van der Waals surface area contributed by atoms with Crippen LogP contribution in [0.3, 0.4) is 0 Å². The molecule has 0 saturated carbocycles. The highest BCUT2D eigenvalue weighted by Crippen LogP contribution is 2.32. The lowest BCUT2D eigenvalue weighted by atomic mass is 10.2. The molecule has 20 heavy (non-hydrogen) atoms. The van der Waals surface area contributed by atoms with Gasteiger partial charge in [-0.1, -0.05) is 13.8 Å². The maximum atomic E-state index is 12.2. The molecular weight excluding hydrogens is 384 g/mol. The second-order valence-electron chi connectivity index (χ2n) is 4.93. The fourth-order valence-corrected chi connectivity index (χ4v) is 3.72. The molecule has 1 rings (SSSR count). The van der Waals surface area contributed by atoms with E-state index < -0.39 is 0 Å². The summed E-state index contributed by atoms with van der Waals surface area (Å²) in [6.45, 7) is 8.64. The summed E-state index contributed by atoms with van der Waals surface area (Å²) in [6.07, 6.45) is 2.12. The molecule has 112 valence electrons. The molecule has 0 unspecified atom stereocenters. The van der Waals surface area contributed by atoms with Gasteiger partial charge in [0.15, 0.2) is 0 Å². The van der Waals surface area contributed by atoms with Gasteiger partial charge in [0, 0.05) is 8.95 Å². The van der Waals surface area contributed by atoms with E-state index in [1.807, 2.05) is 19.1 Å². The van der Waals surface area contributed by atoms with Crippen molar-refractivity contribution < 1.29 is 4.79 Å². The van der Waals surface area contributed by atoms with Crippen molar-refractivity contribution in [3.8, 4) is 0 Å². The van der Waals surface area contributed by atoms with Crippen LogP contribution in [0.2, 0.25) is 0 Å². The van der Waals surface area contributed by atoms with E-state index in [-0.39, 0.29) is 5.91 Å². The smallest absolute Gasteiger partial charge is 0.238 e. The number of carbonyl (C=O) groups is 1. The summed E-state index contributed by atoms with van der Waals surface area (Å²) in [4.78, 5) is 14.4. The van der Waals surface area contributed by atoms with E-state index in [0.717, 1.165) is 46.1 Å². The number of nitrogens with zero attached hydrogens (tertiary/aromatic N) is 1. The second kappa shape index (κ2) is 8.80. The van der Waals surface area contributed by atoms with Crippen molar-refractivity contribution in [3.05, 3.63) is 26.6 Å². The van der Waals surface area contributed by atoms with E-state index in [9.17, 15) is 4.79 Å². The molecule has 0 radical (unpaired) electrons. The molecule has 1 amide bonds. The Morgan fingerprint density at radius 3 is 2.10 bits per heavy atom. The maximum absolute atomic E-state index is 12.2. The van der Waals surface area contributed by atoms with Crippen LogP contribution in [0.25, 0.3) is 0 Å². The van der Waals surface area contributed by atoms with Crippen molar-refractivity contribution in [2.75, 3.05) is 25.0 Å². The lowest BCUT2D eigenvalue weighted by Crippen LogP contribution is -2.34. The third-order valence-corrected chi connectivity index (χ3v) is 4.15. The number of hydrogen-bond acceptors (Lipinski definition) is 2. The average Bonchev–Trinajstić information content (AvgIpc) is 2.34. The molecule has 3 nitrogen and oxygen atoms in total. The Hall–Kier alpha value is -0.390. The summed E-state index contributed by atoms with van der Waals surface area (Å²) in [5, 5.41) is 2.98. The van der Waals surface area contributed by atoms with Crippen molar-refractivity contribution in [2.45, 2.75) is 33.6 Å². The van der Waals surface area contributed by atoms with Gasteiger partial charge in [-0.2, -0.15) is 0 Å². The molecule has 0 aromatic heterocycles. The fraction of sp³-hybridized carbons (Fsp3) is 0.533. The maximum Gasteiger partial charge on any atom is 0.238 e. The number of halogens is 2. The number of hydrogen-bond donors (Lipinski definition) is 1. The molecule has 0 spiro atoms. The van der Waals surface area contributed by atoms with Crippen LogP contribution < -0.4 is 5.32 Å². The minimum absolute atomic E-state index is 0.0251. The highest BCUT2D eigenvalue weighted by molar-refractivity contribution is 9.11. The van der Waals surface area contributed by atoms with Crippen LogP contribution in [0.5, 0.6) is 0 Å². The topological polar surface area (TPSA) is 32.3 Å². The van der Waals surface area contributed by atoms with Crippen LogP contribution in [0.4, 0.5) is 5.69 Å². The van der Waals surface area contributed by atoms with Gasteiger partial charge in [0.05, 0.1) is 12.2 Å². The van der Waals surface area contributed by atoms with Crippen LogP contribution in [0.1, 0.15) is 32.3 Å². The highest BCUT2D eigenvalue weighted by atomic mass is 79.9. The average molecular weight is 406 g/mol. The monoisotopic (exact) mass is 404 g/mol. The number of benzene rings is 1. The lowest BCUT2D eigenvalue weighted by Gasteiger charge is -2.20. The molecule has 0 aliphatic carbocycles. The lowest BCUT2D eigenvalue weighted by molar-refractivity contribution is -0.117. The summed E-state index contributed by atoms with van der Waals surface area (Å²) >= 11 is 6.99. The van der Waals surface area contributed by atoms with Crippen LogP contribution in [0.15, 0.2) is 21.1 Å². The number of rotatable bonds is 7. The molecule has 0 fully saturated rings. The minimum Gasteiger partial charge on any atom is -0.323 e. The van der Waals surface area contributed by atoms with Crippen molar-refractivity contribution in [2.24, 2.45) is 0 Å². The van der Waals surface area contributed by atoms with Crippen LogP contribution >= 0.6 is 31.9 Å². The molecule has 0 aliphatic rings. The Morgan fingerprint density at radius 2 is 1.65 bits per heavy atom. The zero-order chi connectivity index (χ0) is 15.1. The SMILES string of the molecule is CCCN(CCC)CC(=O)Nc1c(Br)cc(C)cc1Br. The summed E-state index contributed by atoms with van der Waals surface area (Å²) in [6, 6.07) is 3.99. The summed E-state index contributed by atoms with van der Waals surface area (Å²) in [5.74, 6) is 0.0251. The molecule has 0 bridgehead atoms. The van der Waals surface area contributed by atoms with E-state index in [1.165, 1.54) is 0 Å². The first-order valence-electron chi connectivity index (χ1n) is 6.95. The number of amides is 1.